The first-order valence-electron chi connectivity index (χ1n) is 8.31. The monoisotopic (exact) mass is 364 g/mol. The van der Waals surface area contributed by atoms with Crippen molar-refractivity contribution < 1.29 is 23.5 Å². The number of aryl methyl sites for hydroxylation is 1. The van der Waals surface area contributed by atoms with E-state index in [0.29, 0.717) is 34.4 Å². The second kappa shape index (κ2) is 6.60. The van der Waals surface area contributed by atoms with Crippen LogP contribution in [-0.4, -0.2) is 23.5 Å². The van der Waals surface area contributed by atoms with Gasteiger partial charge in [-0.15, -0.1) is 0 Å². The lowest BCUT2D eigenvalue weighted by Crippen LogP contribution is -2.15. The first-order valence-corrected chi connectivity index (χ1v) is 8.31. The van der Waals surface area contributed by atoms with E-state index in [4.69, 9.17) is 13.9 Å². The number of benzene rings is 2. The Labute approximate surface area is 154 Å². The standard InChI is InChI=1S/C20H16N2O5/c1-11(23)14-8-16-17(26-10-25-16)9-15(14)21-19(24)18-12(2)27-20(22-18)13-6-4-3-5-7-13/h3-9H,10H2,1-2H3,(H,21,24). The van der Waals surface area contributed by atoms with E-state index in [1.807, 2.05) is 30.3 Å². The molecule has 1 aliphatic rings. The van der Waals surface area contributed by atoms with Gasteiger partial charge < -0.3 is 19.2 Å². The van der Waals surface area contributed by atoms with Crippen molar-refractivity contribution >= 4 is 17.4 Å². The van der Waals surface area contributed by atoms with Crippen molar-refractivity contribution in [2.24, 2.45) is 0 Å². The minimum Gasteiger partial charge on any atom is -0.454 e. The predicted octanol–water partition coefficient (Wildman–Crippen LogP) is 3.83. The third-order valence-electron chi connectivity index (χ3n) is 4.17. The molecule has 1 N–H and O–H groups in total. The van der Waals surface area contributed by atoms with Crippen molar-refractivity contribution in [2.75, 3.05) is 12.1 Å². The van der Waals surface area contributed by atoms with E-state index in [1.165, 1.54) is 6.92 Å². The van der Waals surface area contributed by atoms with Gasteiger partial charge in [0.05, 0.1) is 5.69 Å². The molecule has 0 saturated heterocycles. The highest BCUT2D eigenvalue weighted by Gasteiger charge is 2.23. The molecule has 1 aliphatic heterocycles. The Kier molecular flexibility index (Phi) is 4.12. The third-order valence-corrected chi connectivity index (χ3v) is 4.17. The summed E-state index contributed by atoms with van der Waals surface area (Å²) in [5.41, 5.74) is 1.59. The van der Waals surface area contributed by atoms with Crippen LogP contribution in [0.5, 0.6) is 11.5 Å². The van der Waals surface area contributed by atoms with Crippen LogP contribution in [0.2, 0.25) is 0 Å². The fraction of sp³-hybridized carbons (Fsp3) is 0.150. The number of oxazole rings is 1. The Hall–Kier alpha value is -3.61. The van der Waals surface area contributed by atoms with Crippen LogP contribution in [0.15, 0.2) is 46.9 Å². The van der Waals surface area contributed by atoms with Crippen LogP contribution in [0.3, 0.4) is 0 Å². The van der Waals surface area contributed by atoms with Crippen molar-refractivity contribution in [1.29, 1.82) is 0 Å². The number of nitrogens with one attached hydrogen (secondary N) is 1. The number of ether oxygens (including phenoxy) is 2. The van der Waals surface area contributed by atoms with Crippen molar-refractivity contribution in [3.63, 3.8) is 0 Å². The molecule has 27 heavy (non-hydrogen) atoms. The highest BCUT2D eigenvalue weighted by atomic mass is 16.7. The van der Waals surface area contributed by atoms with Crippen molar-refractivity contribution in [3.8, 4) is 23.0 Å². The molecule has 0 aliphatic carbocycles. The molecule has 1 aromatic heterocycles. The number of Topliss-reactive ketones (excluding diaryl/α,β-unsaturated/α-hetero) is 1. The molecule has 2 heterocycles. The Morgan fingerprint density at radius 1 is 1.07 bits per heavy atom. The number of fused-ring (bicyclic) bond motifs is 1. The lowest BCUT2D eigenvalue weighted by Gasteiger charge is -2.09. The number of amides is 1. The lowest BCUT2D eigenvalue weighted by molar-refractivity contribution is 0.101. The highest BCUT2D eigenvalue weighted by molar-refractivity contribution is 6.09. The Bertz CT molecular complexity index is 1040. The average Bonchev–Trinajstić information content (AvgIpc) is 3.27. The molecule has 3 aromatic rings. The third kappa shape index (κ3) is 3.15. The molecule has 7 heteroatoms. The van der Waals surface area contributed by atoms with Crippen LogP contribution >= 0.6 is 0 Å². The summed E-state index contributed by atoms with van der Waals surface area (Å²) in [4.78, 5) is 29.0. The summed E-state index contributed by atoms with van der Waals surface area (Å²) in [7, 11) is 0. The molecule has 0 radical (unpaired) electrons. The number of carbonyl (C=O) groups is 2. The van der Waals surface area contributed by atoms with Gasteiger partial charge in [0.2, 0.25) is 12.7 Å². The summed E-state index contributed by atoms with van der Waals surface area (Å²) in [6, 6.07) is 12.4. The molecule has 0 saturated carbocycles. The van der Waals surface area contributed by atoms with Crippen molar-refractivity contribution in [3.05, 3.63) is 59.5 Å². The Morgan fingerprint density at radius 2 is 1.78 bits per heavy atom. The molecular weight excluding hydrogens is 348 g/mol. The van der Waals surface area contributed by atoms with E-state index in [-0.39, 0.29) is 18.3 Å². The van der Waals surface area contributed by atoms with Gasteiger partial charge in [-0.3, -0.25) is 9.59 Å². The second-order valence-corrected chi connectivity index (χ2v) is 6.05. The number of nitrogens with zero attached hydrogens (tertiary/aromatic N) is 1. The maximum absolute atomic E-state index is 12.7. The average molecular weight is 364 g/mol. The summed E-state index contributed by atoms with van der Waals surface area (Å²) in [6.45, 7) is 3.16. The maximum Gasteiger partial charge on any atom is 0.277 e. The van der Waals surface area contributed by atoms with Crippen LogP contribution < -0.4 is 14.8 Å². The molecule has 0 spiro atoms. The first kappa shape index (κ1) is 16.8. The Balaban J connectivity index is 1.65. The number of ketones is 1. The quantitative estimate of drug-likeness (QED) is 0.708. The zero-order valence-corrected chi connectivity index (χ0v) is 14.7. The number of anilines is 1. The molecule has 7 nitrogen and oxygen atoms in total. The smallest absolute Gasteiger partial charge is 0.277 e. The van der Waals surface area contributed by atoms with Crippen LogP contribution in [0.4, 0.5) is 5.69 Å². The SMILES string of the molecule is CC(=O)c1cc2c(cc1NC(=O)c1nc(-c3ccccc3)oc1C)OCO2. The van der Waals surface area contributed by atoms with Crippen LogP contribution in [0.25, 0.3) is 11.5 Å². The summed E-state index contributed by atoms with van der Waals surface area (Å²) in [6.07, 6.45) is 0. The minimum absolute atomic E-state index is 0.0763. The van der Waals surface area contributed by atoms with E-state index < -0.39 is 5.91 Å². The van der Waals surface area contributed by atoms with Crippen molar-refractivity contribution in [1.82, 2.24) is 4.98 Å². The van der Waals surface area contributed by atoms with E-state index in [1.54, 1.807) is 19.1 Å². The van der Waals surface area contributed by atoms with Gasteiger partial charge in [0.25, 0.3) is 5.91 Å². The lowest BCUT2D eigenvalue weighted by atomic mass is 10.1. The van der Waals surface area contributed by atoms with Gasteiger partial charge in [0.15, 0.2) is 23.0 Å². The summed E-state index contributed by atoms with van der Waals surface area (Å²) in [5.74, 6) is 1.01. The number of hydrogen-bond acceptors (Lipinski definition) is 6. The molecule has 136 valence electrons. The van der Waals surface area contributed by atoms with E-state index in [2.05, 4.69) is 10.3 Å². The summed E-state index contributed by atoms with van der Waals surface area (Å²) in [5, 5.41) is 2.73. The Morgan fingerprint density at radius 3 is 2.48 bits per heavy atom. The highest BCUT2D eigenvalue weighted by Crippen LogP contribution is 2.37. The molecule has 4 rings (SSSR count). The molecule has 0 atom stereocenters. The number of aromatic nitrogens is 1. The fourth-order valence-electron chi connectivity index (χ4n) is 2.83. The van der Waals surface area contributed by atoms with Gasteiger partial charge in [0.1, 0.15) is 5.76 Å². The molecule has 0 fully saturated rings. The topological polar surface area (TPSA) is 90.7 Å². The molecule has 2 aromatic carbocycles. The summed E-state index contributed by atoms with van der Waals surface area (Å²) < 4.78 is 16.2. The number of carbonyl (C=O) groups excluding carboxylic acids is 2. The van der Waals surface area contributed by atoms with Crippen molar-refractivity contribution in [2.45, 2.75) is 13.8 Å². The van der Waals surface area contributed by atoms with Crippen LogP contribution in [0, 0.1) is 6.92 Å². The molecule has 1 amide bonds. The number of hydrogen-bond donors (Lipinski definition) is 1. The zero-order valence-electron chi connectivity index (χ0n) is 14.7. The van der Waals surface area contributed by atoms with Crippen LogP contribution in [-0.2, 0) is 0 Å². The van der Waals surface area contributed by atoms with Gasteiger partial charge in [-0.1, -0.05) is 18.2 Å². The molecular formula is C20H16N2O5. The van der Waals surface area contributed by atoms with E-state index in [0.717, 1.165) is 5.56 Å². The first-order chi connectivity index (χ1) is 13.0. The van der Waals surface area contributed by atoms with Crippen LogP contribution in [0.1, 0.15) is 33.5 Å². The number of rotatable bonds is 4. The molecule has 0 unspecified atom stereocenters. The second-order valence-electron chi connectivity index (χ2n) is 6.05. The van der Waals surface area contributed by atoms with Gasteiger partial charge in [-0.25, -0.2) is 4.98 Å². The molecule has 0 bridgehead atoms. The predicted molar refractivity (Wildman–Crippen MR) is 97.2 cm³/mol. The minimum atomic E-state index is -0.472. The van der Waals surface area contributed by atoms with Gasteiger partial charge in [0, 0.05) is 17.2 Å². The van der Waals surface area contributed by atoms with Gasteiger partial charge in [-0.2, -0.15) is 0 Å². The maximum atomic E-state index is 12.7. The van der Waals surface area contributed by atoms with Gasteiger partial charge in [-0.05, 0) is 32.0 Å². The zero-order chi connectivity index (χ0) is 19.0. The normalized spacial score (nSPS) is 12.1. The summed E-state index contributed by atoms with van der Waals surface area (Å²) >= 11 is 0. The van der Waals surface area contributed by atoms with E-state index >= 15 is 0 Å². The fourth-order valence-corrected chi connectivity index (χ4v) is 2.83. The van der Waals surface area contributed by atoms with E-state index in [9.17, 15) is 9.59 Å². The largest absolute Gasteiger partial charge is 0.454 e. The van der Waals surface area contributed by atoms with Gasteiger partial charge >= 0.3 is 0 Å².